The Bertz CT molecular complexity index is 1290. The number of nitrogens with zero attached hydrogens (tertiary/aromatic N) is 6. The number of aliphatic hydroxyl groups is 1. The highest BCUT2D eigenvalue weighted by molar-refractivity contribution is 8.03. The van der Waals surface area contributed by atoms with Crippen LogP contribution in [0, 0.1) is 29.1 Å². The molecule has 1 aromatic rings. The minimum absolute atomic E-state index is 0.0295. The second kappa shape index (κ2) is 12.0. The molecular weight excluding hydrogens is 568 g/mol. The first-order valence-corrected chi connectivity index (χ1v) is 14.8. The Morgan fingerprint density at radius 3 is 2.69 bits per heavy atom. The summed E-state index contributed by atoms with van der Waals surface area (Å²) in [7, 11) is 0. The van der Waals surface area contributed by atoms with Crippen LogP contribution in [0.3, 0.4) is 0 Å². The number of hydrogen-bond acceptors (Lipinski definition) is 11. The van der Waals surface area contributed by atoms with Crippen LogP contribution in [0.4, 0.5) is 0 Å². The van der Waals surface area contributed by atoms with Crippen LogP contribution in [0.5, 0.6) is 0 Å². The Morgan fingerprint density at radius 1 is 1.31 bits per heavy atom. The van der Waals surface area contributed by atoms with Crippen molar-refractivity contribution in [1.29, 1.82) is 5.41 Å². The zero-order valence-electron chi connectivity index (χ0n) is 23.3. The van der Waals surface area contributed by atoms with Gasteiger partial charge in [0.15, 0.2) is 0 Å². The van der Waals surface area contributed by atoms with E-state index in [2.05, 4.69) is 26.2 Å². The van der Waals surface area contributed by atoms with E-state index in [0.717, 1.165) is 0 Å². The first-order chi connectivity index (χ1) is 20.0. The van der Waals surface area contributed by atoms with E-state index in [0.29, 0.717) is 37.4 Å². The highest BCUT2D eigenvalue weighted by Gasteiger charge is 2.60. The van der Waals surface area contributed by atoms with Crippen molar-refractivity contribution < 1.29 is 29.4 Å². The molecule has 3 fully saturated rings. The molecule has 17 heteroatoms. The fourth-order valence-corrected chi connectivity index (χ4v) is 8.18. The molecule has 5 heterocycles. The number of amides is 3. The Kier molecular flexibility index (Phi) is 8.52. The van der Waals surface area contributed by atoms with Crippen molar-refractivity contribution in [2.24, 2.45) is 29.4 Å². The first kappa shape index (κ1) is 29.9. The molecule has 0 bridgehead atoms. The molecule has 0 aromatic carbocycles. The number of thioether (sulfide) groups is 1. The van der Waals surface area contributed by atoms with Gasteiger partial charge in [-0.3, -0.25) is 19.8 Å². The summed E-state index contributed by atoms with van der Waals surface area (Å²) in [5.41, 5.74) is 5.53. The molecule has 4 aliphatic heterocycles. The number of aliphatic hydroxyl groups excluding tert-OH is 1. The third kappa shape index (κ3) is 5.59. The summed E-state index contributed by atoms with van der Waals surface area (Å²) < 4.78 is 1.26. The number of rotatable bonds is 11. The molecule has 0 radical (unpaired) electrons. The molecule has 3 amide bonds. The Hall–Kier alpha value is -3.57. The lowest BCUT2D eigenvalue weighted by molar-refractivity contribution is -0.158. The van der Waals surface area contributed by atoms with Crippen molar-refractivity contribution in [2.75, 3.05) is 26.2 Å². The van der Waals surface area contributed by atoms with Crippen molar-refractivity contribution >= 4 is 41.3 Å². The van der Waals surface area contributed by atoms with Gasteiger partial charge in [0.1, 0.15) is 18.6 Å². The number of amidine groups is 1. The van der Waals surface area contributed by atoms with E-state index >= 15 is 0 Å². The van der Waals surface area contributed by atoms with Gasteiger partial charge >= 0.3 is 5.97 Å². The smallest absolute Gasteiger partial charge is 0.353 e. The van der Waals surface area contributed by atoms with E-state index in [-0.39, 0.29) is 65.4 Å². The van der Waals surface area contributed by atoms with Gasteiger partial charge in [-0.1, -0.05) is 6.92 Å². The van der Waals surface area contributed by atoms with Crippen LogP contribution in [0.1, 0.15) is 26.7 Å². The molecule has 42 heavy (non-hydrogen) atoms. The van der Waals surface area contributed by atoms with Gasteiger partial charge in [-0.05, 0) is 29.7 Å². The number of aliphatic carboxylic acids is 1. The summed E-state index contributed by atoms with van der Waals surface area (Å²) in [6, 6.07) is -1.39. The van der Waals surface area contributed by atoms with E-state index in [1.807, 2.05) is 6.92 Å². The third-order valence-electron chi connectivity index (χ3n) is 8.70. The summed E-state index contributed by atoms with van der Waals surface area (Å²) in [6.07, 6.45) is 2.12. The number of carboxylic acids is 1. The Balaban J connectivity index is 1.21. The van der Waals surface area contributed by atoms with E-state index in [1.54, 1.807) is 11.8 Å². The predicted molar refractivity (Wildman–Crippen MR) is 148 cm³/mol. The second-order valence-corrected chi connectivity index (χ2v) is 12.8. The number of fused-ring (bicyclic) bond motifs is 1. The van der Waals surface area contributed by atoms with Crippen molar-refractivity contribution in [2.45, 2.75) is 56.6 Å². The minimum atomic E-state index is -1.18. The summed E-state index contributed by atoms with van der Waals surface area (Å²) in [6.45, 7) is 4.75. The summed E-state index contributed by atoms with van der Waals surface area (Å²) in [5, 5.41) is 44.0. The van der Waals surface area contributed by atoms with E-state index in [9.17, 15) is 29.4 Å². The summed E-state index contributed by atoms with van der Waals surface area (Å²) in [5.74, 6) is -3.00. The lowest BCUT2D eigenvalue weighted by atomic mass is 9.78. The van der Waals surface area contributed by atoms with E-state index in [1.165, 1.54) is 27.7 Å². The first-order valence-electron chi connectivity index (χ1n) is 13.9. The zero-order valence-corrected chi connectivity index (χ0v) is 24.2. The molecule has 8 atom stereocenters. The lowest BCUT2D eigenvalue weighted by Crippen LogP contribution is -2.66. The normalized spacial score (nSPS) is 31.2. The van der Waals surface area contributed by atoms with Gasteiger partial charge in [-0.15, -0.1) is 16.9 Å². The van der Waals surface area contributed by atoms with Gasteiger partial charge in [-0.2, -0.15) is 0 Å². The van der Waals surface area contributed by atoms with Crippen LogP contribution in [-0.2, 0) is 25.7 Å². The largest absolute Gasteiger partial charge is 0.477 e. The molecule has 5 rings (SSSR count). The van der Waals surface area contributed by atoms with Crippen molar-refractivity contribution in [3.05, 3.63) is 16.9 Å². The predicted octanol–water partition coefficient (Wildman–Crippen LogP) is -2.19. The van der Waals surface area contributed by atoms with Gasteiger partial charge in [0.25, 0.3) is 0 Å². The maximum Gasteiger partial charge on any atom is 0.353 e. The van der Waals surface area contributed by atoms with Crippen molar-refractivity contribution in [1.82, 2.24) is 40.6 Å². The average molecular weight is 605 g/mol. The van der Waals surface area contributed by atoms with E-state index < -0.39 is 30.0 Å². The number of carboxylic acid groups (broad SMARTS) is 1. The summed E-state index contributed by atoms with van der Waals surface area (Å²) in [4.78, 5) is 54.9. The van der Waals surface area contributed by atoms with Crippen LogP contribution in [0.2, 0.25) is 0 Å². The number of aromatic nitrogens is 4. The number of likely N-dealkylation sites (tertiary alicyclic amines) is 1. The maximum atomic E-state index is 13.3. The highest BCUT2D eigenvalue weighted by atomic mass is 32.2. The monoisotopic (exact) mass is 604 g/mol. The number of carbonyl (C=O) groups excluding carboxylic acids is 3. The zero-order chi connectivity index (χ0) is 30.3. The van der Waals surface area contributed by atoms with Gasteiger partial charge < -0.3 is 36.4 Å². The molecule has 0 spiro atoms. The minimum Gasteiger partial charge on any atom is -0.477 e. The molecule has 1 aromatic heterocycles. The lowest BCUT2D eigenvalue weighted by Gasteiger charge is -2.47. The topological polar surface area (TPSA) is 233 Å². The molecule has 0 aliphatic carbocycles. The number of carbonyl (C=O) groups is 4. The molecule has 0 saturated carbocycles. The molecule has 228 valence electrons. The number of tetrazole rings is 1. The molecule has 3 saturated heterocycles. The molecule has 16 nitrogen and oxygen atoms in total. The van der Waals surface area contributed by atoms with Crippen LogP contribution in [0.15, 0.2) is 16.9 Å². The number of nitrogens with one attached hydrogen (secondary N) is 3. The third-order valence-corrected chi connectivity index (χ3v) is 10.2. The van der Waals surface area contributed by atoms with Gasteiger partial charge in [0, 0.05) is 60.7 Å². The van der Waals surface area contributed by atoms with Gasteiger partial charge in [0.2, 0.25) is 17.7 Å². The fourth-order valence-electron chi connectivity index (χ4n) is 6.71. The van der Waals surface area contributed by atoms with Crippen molar-refractivity contribution in [3.63, 3.8) is 0 Å². The molecular formula is C25H36N10O6S. The maximum absolute atomic E-state index is 13.3. The Labute approximate surface area is 245 Å². The quantitative estimate of drug-likeness (QED) is 0.0898. The average Bonchev–Trinajstić information content (AvgIpc) is 3.71. The number of hydrogen-bond donors (Lipinski definition) is 6. The van der Waals surface area contributed by atoms with Gasteiger partial charge in [0.05, 0.1) is 23.8 Å². The van der Waals surface area contributed by atoms with E-state index in [4.69, 9.17) is 11.1 Å². The standard InChI is InChI=1S/C25H36N10O6S/c1-11-20-19(12(2)30-18(37)8-34-10-29-31-32-34)24(39)35(20)21(25(40)41)22(11)42-15-4-16(28-5-15)23(38)33-6-13(3-17(26)27)14(7-33)9-36/h10-16,19-20,28,36H,3-9H2,1-2H3,(H3,26,27)(H,30,37)(H,40,41)/t11-,12?,13-,14+,15+,16+,19-,20-/m1/s1. The molecule has 1 unspecified atom stereocenters. The SMILES string of the molecule is CC(NC(=O)Cn1cnnn1)[C@H]1C(=O)N2C(C(=O)O)=C(S[C@@H]3CN[C@H](C(=O)N4C[C@@H](CO)[C@H](CC(=N)N)C4)C3)[C@H](C)[C@H]12. The molecule has 7 N–H and O–H groups in total. The summed E-state index contributed by atoms with van der Waals surface area (Å²) >= 11 is 1.39. The fraction of sp³-hybridized carbons (Fsp3) is 0.680. The second-order valence-electron chi connectivity index (χ2n) is 11.5. The highest BCUT2D eigenvalue weighted by Crippen LogP contribution is 2.52. The Morgan fingerprint density at radius 2 is 2.05 bits per heavy atom. The van der Waals surface area contributed by atoms with Gasteiger partial charge in [-0.25, -0.2) is 9.48 Å². The molecule has 4 aliphatic rings. The number of β-lactam (4-membered cyclic amide) rings is 1. The van der Waals surface area contributed by atoms with Crippen LogP contribution in [0.25, 0.3) is 0 Å². The van der Waals surface area contributed by atoms with Crippen LogP contribution < -0.4 is 16.4 Å². The number of nitrogens with two attached hydrogens (primary N) is 1. The van der Waals surface area contributed by atoms with Crippen LogP contribution in [-0.4, -0.2) is 119 Å². The van der Waals surface area contributed by atoms with Crippen LogP contribution >= 0.6 is 11.8 Å². The van der Waals surface area contributed by atoms with Crippen molar-refractivity contribution in [3.8, 4) is 0 Å².